The molecule has 1 atom stereocenters. The molecule has 0 fully saturated rings. The van der Waals surface area contributed by atoms with Crippen molar-refractivity contribution in [3.05, 3.63) is 59.2 Å². The van der Waals surface area contributed by atoms with Crippen LogP contribution in [0, 0.1) is 0 Å². The van der Waals surface area contributed by atoms with Crippen LogP contribution in [0.2, 0.25) is 0 Å². The Hall–Kier alpha value is -1.66. The molecule has 6 heteroatoms. The topological polar surface area (TPSA) is 6.48 Å². The number of benzene rings is 2. The molecule has 0 aliphatic carbocycles. The predicted octanol–water partition coefficient (Wildman–Crippen LogP) is 5.27. The van der Waals surface area contributed by atoms with Crippen LogP contribution in [0.4, 0.5) is 18.9 Å². The number of anilines is 1. The van der Waals surface area contributed by atoms with E-state index in [0.717, 1.165) is 10.6 Å². The average Bonchev–Trinajstić information content (AvgIpc) is 2.57. The highest BCUT2D eigenvalue weighted by atomic mass is 32.2. The smallest absolute Gasteiger partial charge is 0.365 e. The van der Waals surface area contributed by atoms with Crippen molar-refractivity contribution in [3.63, 3.8) is 0 Å². The molecule has 1 heterocycles. The van der Waals surface area contributed by atoms with E-state index in [0.29, 0.717) is 18.8 Å². The maximum absolute atomic E-state index is 13.3. The summed E-state index contributed by atoms with van der Waals surface area (Å²) in [5.74, 6) is 0.769. The number of fused-ring (bicyclic) bond motifs is 2. The minimum Gasteiger partial charge on any atom is -0.365 e. The summed E-state index contributed by atoms with van der Waals surface area (Å²) in [7, 11) is 3.98. The van der Waals surface area contributed by atoms with Crippen molar-refractivity contribution in [3.8, 4) is 0 Å². The predicted molar refractivity (Wildman–Crippen MR) is 102 cm³/mol. The summed E-state index contributed by atoms with van der Waals surface area (Å²) in [5, 5.41) is 0. The molecule has 2 nitrogen and oxygen atoms in total. The highest BCUT2D eigenvalue weighted by Gasteiger charge is 2.32. The Morgan fingerprint density at radius 2 is 1.81 bits per heavy atom. The van der Waals surface area contributed by atoms with Gasteiger partial charge in [0.2, 0.25) is 0 Å². The van der Waals surface area contributed by atoms with Gasteiger partial charge in [-0.2, -0.15) is 13.2 Å². The van der Waals surface area contributed by atoms with E-state index < -0.39 is 11.7 Å². The zero-order valence-corrected chi connectivity index (χ0v) is 16.0. The van der Waals surface area contributed by atoms with Gasteiger partial charge in [-0.25, -0.2) is 0 Å². The Bertz CT molecular complexity index is 774. The lowest BCUT2D eigenvalue weighted by Gasteiger charge is -2.34. The first-order valence-corrected chi connectivity index (χ1v) is 9.56. The quantitative estimate of drug-likeness (QED) is 0.716. The first-order valence-electron chi connectivity index (χ1n) is 8.58. The van der Waals surface area contributed by atoms with Crippen molar-refractivity contribution in [2.24, 2.45) is 0 Å². The molecule has 1 aliphatic heterocycles. The van der Waals surface area contributed by atoms with E-state index in [9.17, 15) is 13.2 Å². The number of hydrogen-bond acceptors (Lipinski definition) is 3. The van der Waals surface area contributed by atoms with Gasteiger partial charge in [-0.15, -0.1) is 11.8 Å². The molecule has 1 aliphatic rings. The van der Waals surface area contributed by atoms with Crippen LogP contribution < -0.4 is 4.90 Å². The number of nitrogens with zero attached hydrogens (tertiary/aromatic N) is 2. The summed E-state index contributed by atoms with van der Waals surface area (Å²) in [6, 6.07) is 12.5. The second kappa shape index (κ2) is 7.53. The van der Waals surface area contributed by atoms with Crippen molar-refractivity contribution in [1.29, 1.82) is 0 Å². The Morgan fingerprint density at radius 3 is 2.46 bits per heavy atom. The summed E-state index contributed by atoms with van der Waals surface area (Å²) in [6.07, 6.45) is -4.33. The monoisotopic (exact) mass is 380 g/mol. The summed E-state index contributed by atoms with van der Waals surface area (Å²) in [4.78, 5) is 5.07. The Balaban J connectivity index is 2.05. The van der Waals surface area contributed by atoms with Crippen molar-refractivity contribution >= 4 is 17.4 Å². The van der Waals surface area contributed by atoms with E-state index in [-0.39, 0.29) is 6.04 Å². The lowest BCUT2D eigenvalue weighted by molar-refractivity contribution is -0.137. The van der Waals surface area contributed by atoms with Gasteiger partial charge in [-0.05, 0) is 50.3 Å². The summed E-state index contributed by atoms with van der Waals surface area (Å²) < 4.78 is 39.8. The Morgan fingerprint density at radius 1 is 1.12 bits per heavy atom. The molecule has 3 rings (SSSR count). The van der Waals surface area contributed by atoms with E-state index in [4.69, 9.17) is 0 Å². The molecule has 0 spiro atoms. The number of hydrogen-bond donors (Lipinski definition) is 0. The van der Waals surface area contributed by atoms with Crippen molar-refractivity contribution in [2.75, 3.05) is 25.5 Å². The van der Waals surface area contributed by atoms with Crippen LogP contribution in [0.15, 0.2) is 47.4 Å². The van der Waals surface area contributed by atoms with Gasteiger partial charge in [-0.1, -0.05) is 24.3 Å². The number of likely N-dealkylation sites (N-methyl/N-ethyl adjacent to an activating group) is 1. The van der Waals surface area contributed by atoms with Gasteiger partial charge in [0, 0.05) is 29.8 Å². The van der Waals surface area contributed by atoms with Gasteiger partial charge in [0.25, 0.3) is 0 Å². The highest BCUT2D eigenvalue weighted by Crippen LogP contribution is 2.40. The van der Waals surface area contributed by atoms with Gasteiger partial charge in [0.05, 0.1) is 11.3 Å². The molecule has 0 aromatic heterocycles. The van der Waals surface area contributed by atoms with Gasteiger partial charge in [0.15, 0.2) is 0 Å². The average molecular weight is 380 g/mol. The van der Waals surface area contributed by atoms with Crippen molar-refractivity contribution < 1.29 is 13.2 Å². The van der Waals surface area contributed by atoms with Gasteiger partial charge >= 0.3 is 6.18 Å². The van der Waals surface area contributed by atoms with Crippen LogP contribution in [-0.2, 0) is 18.5 Å². The third kappa shape index (κ3) is 4.18. The lowest BCUT2D eigenvalue weighted by atomic mass is 10.1. The Labute approximate surface area is 157 Å². The molecule has 2 aromatic rings. The molecule has 2 aromatic carbocycles. The van der Waals surface area contributed by atoms with Crippen molar-refractivity contribution in [1.82, 2.24) is 4.90 Å². The van der Waals surface area contributed by atoms with Crippen LogP contribution in [0.1, 0.15) is 23.6 Å². The van der Waals surface area contributed by atoms with Gasteiger partial charge < -0.3 is 9.80 Å². The normalized spacial score (nSPS) is 15.9. The highest BCUT2D eigenvalue weighted by molar-refractivity contribution is 7.98. The van der Waals surface area contributed by atoms with Crippen LogP contribution >= 0.6 is 11.8 Å². The van der Waals surface area contributed by atoms with E-state index in [1.807, 2.05) is 26.2 Å². The van der Waals surface area contributed by atoms with Crippen LogP contribution in [0.5, 0.6) is 0 Å². The van der Waals surface area contributed by atoms with Gasteiger partial charge in [0.1, 0.15) is 0 Å². The fraction of sp³-hybridized carbons (Fsp3) is 0.400. The maximum atomic E-state index is 13.3. The third-order valence-corrected chi connectivity index (χ3v) is 5.97. The molecule has 26 heavy (non-hydrogen) atoms. The summed E-state index contributed by atoms with van der Waals surface area (Å²) in [5.41, 5.74) is 2.50. The number of halogens is 3. The fourth-order valence-electron chi connectivity index (χ4n) is 3.01. The number of thioether (sulfide) groups is 1. The second-order valence-electron chi connectivity index (χ2n) is 6.93. The zero-order valence-electron chi connectivity index (χ0n) is 15.2. The molecule has 1 unspecified atom stereocenters. The molecule has 140 valence electrons. The van der Waals surface area contributed by atoms with Crippen LogP contribution in [-0.4, -0.2) is 31.6 Å². The molecule has 0 saturated carbocycles. The SMILES string of the molecule is CC(CN1Cc2ccccc2CSc2ccc(C(F)(F)F)cc21)N(C)C. The molecule has 0 N–H and O–H groups in total. The Kier molecular flexibility index (Phi) is 5.53. The maximum Gasteiger partial charge on any atom is 0.416 e. The zero-order chi connectivity index (χ0) is 18.9. The number of alkyl halides is 3. The van der Waals surface area contributed by atoms with E-state index in [1.165, 1.54) is 23.3 Å². The fourth-order valence-corrected chi connectivity index (χ4v) is 4.10. The lowest BCUT2D eigenvalue weighted by Crippen LogP contribution is -2.39. The molecule has 0 amide bonds. The molecule has 0 radical (unpaired) electrons. The van der Waals surface area contributed by atoms with Gasteiger partial charge in [-0.3, -0.25) is 0 Å². The largest absolute Gasteiger partial charge is 0.416 e. The summed E-state index contributed by atoms with van der Waals surface area (Å²) in [6.45, 7) is 3.37. The minimum absolute atomic E-state index is 0.217. The second-order valence-corrected chi connectivity index (χ2v) is 7.95. The van der Waals surface area contributed by atoms with Crippen LogP contribution in [0.3, 0.4) is 0 Å². The van der Waals surface area contributed by atoms with E-state index >= 15 is 0 Å². The van der Waals surface area contributed by atoms with Crippen molar-refractivity contribution in [2.45, 2.75) is 36.3 Å². The van der Waals surface area contributed by atoms with E-state index in [1.54, 1.807) is 17.8 Å². The minimum atomic E-state index is -4.33. The van der Waals surface area contributed by atoms with Crippen LogP contribution in [0.25, 0.3) is 0 Å². The molecular formula is C20H23F3N2S. The first-order chi connectivity index (χ1) is 12.3. The third-order valence-electron chi connectivity index (χ3n) is 4.86. The number of rotatable bonds is 3. The molecule has 0 saturated heterocycles. The first kappa shape index (κ1) is 19.1. The standard InChI is InChI=1S/C20H23F3N2S/c1-14(24(2)3)11-25-12-15-6-4-5-7-16(15)13-26-19-9-8-17(10-18(19)25)20(21,22)23/h4-10,14H,11-13H2,1-3H3. The molecule has 0 bridgehead atoms. The van der Waals surface area contributed by atoms with E-state index in [2.05, 4.69) is 28.9 Å². The summed E-state index contributed by atoms with van der Waals surface area (Å²) >= 11 is 1.60. The molecular weight excluding hydrogens is 357 g/mol.